The number of likely N-dealkylation sites (N-methyl/N-ethyl adjacent to an activating group) is 1. The van der Waals surface area contributed by atoms with E-state index in [0.717, 1.165) is 18.6 Å². The lowest BCUT2D eigenvalue weighted by atomic mass is 10.1. The summed E-state index contributed by atoms with van der Waals surface area (Å²) >= 11 is 0. The van der Waals surface area contributed by atoms with Crippen LogP contribution >= 0.6 is 0 Å². The molecule has 0 spiro atoms. The minimum absolute atomic E-state index is 0.138. The van der Waals surface area contributed by atoms with Gasteiger partial charge in [-0.2, -0.15) is 0 Å². The molecule has 1 aromatic heterocycles. The second-order valence-corrected chi connectivity index (χ2v) is 5.80. The number of rotatable bonds is 4. The molecule has 0 bridgehead atoms. The maximum atomic E-state index is 12.4. The minimum atomic E-state index is -0.703. The maximum Gasteiger partial charge on any atom is 0.322 e. The van der Waals surface area contributed by atoms with Crippen LogP contribution in [0.2, 0.25) is 0 Å². The minimum Gasteiger partial charge on any atom is -0.361 e. The predicted octanol–water partition coefficient (Wildman–Crippen LogP) is 0.499. The van der Waals surface area contributed by atoms with Crippen molar-refractivity contribution in [1.29, 1.82) is 0 Å². The molecule has 2 N–H and O–H groups in total. The molecule has 1 aliphatic heterocycles. The lowest BCUT2D eigenvalue weighted by Crippen LogP contribution is -2.48. The first-order valence-electron chi connectivity index (χ1n) is 7.33. The summed E-state index contributed by atoms with van der Waals surface area (Å²) in [6, 6.07) is 0.538. The highest BCUT2D eigenvalue weighted by atomic mass is 16.5. The molecule has 0 aromatic carbocycles. The third-order valence-electron chi connectivity index (χ3n) is 3.85. The molecule has 0 unspecified atom stereocenters. The van der Waals surface area contributed by atoms with Crippen LogP contribution in [-0.2, 0) is 16.1 Å². The van der Waals surface area contributed by atoms with Gasteiger partial charge in [-0.3, -0.25) is 14.9 Å². The molecule has 2 heterocycles. The van der Waals surface area contributed by atoms with Gasteiger partial charge in [-0.05, 0) is 19.3 Å². The van der Waals surface area contributed by atoms with Gasteiger partial charge in [0.15, 0.2) is 0 Å². The monoisotopic (exact) mass is 306 g/mol. The normalized spacial score (nSPS) is 21.8. The number of nitrogens with zero attached hydrogens (tertiary/aromatic N) is 2. The lowest BCUT2D eigenvalue weighted by Gasteiger charge is -2.22. The Bertz CT molecular complexity index is 608. The number of nitrogens with one attached hydrogen (secondary N) is 2. The van der Waals surface area contributed by atoms with Crippen molar-refractivity contribution in [3.8, 4) is 0 Å². The summed E-state index contributed by atoms with van der Waals surface area (Å²) in [7, 11) is 1.64. The predicted molar refractivity (Wildman–Crippen MR) is 74.6 cm³/mol. The Hall–Kier alpha value is -2.38. The summed E-state index contributed by atoms with van der Waals surface area (Å²) in [5.41, 5.74) is 0.687. The smallest absolute Gasteiger partial charge is 0.322 e. The van der Waals surface area contributed by atoms with Crippen LogP contribution in [0.25, 0.3) is 0 Å². The number of amides is 4. The van der Waals surface area contributed by atoms with Crippen molar-refractivity contribution in [3.63, 3.8) is 0 Å². The van der Waals surface area contributed by atoms with E-state index in [1.807, 2.05) is 6.07 Å². The molecule has 118 valence electrons. The quantitative estimate of drug-likeness (QED) is 0.843. The number of aromatic nitrogens is 1. The molecular formula is C14H18N4O4. The van der Waals surface area contributed by atoms with Gasteiger partial charge in [0, 0.05) is 25.5 Å². The van der Waals surface area contributed by atoms with E-state index in [-0.39, 0.29) is 24.7 Å². The van der Waals surface area contributed by atoms with Gasteiger partial charge in [-0.25, -0.2) is 4.79 Å². The van der Waals surface area contributed by atoms with Crippen LogP contribution in [0.5, 0.6) is 0 Å². The highest BCUT2D eigenvalue weighted by molar-refractivity contribution is 5.98. The molecule has 22 heavy (non-hydrogen) atoms. The number of urea groups is 1. The molecule has 1 aromatic rings. The van der Waals surface area contributed by atoms with E-state index in [0.29, 0.717) is 18.2 Å². The highest BCUT2D eigenvalue weighted by Gasteiger charge is 2.30. The van der Waals surface area contributed by atoms with Gasteiger partial charge in [-0.1, -0.05) is 5.16 Å². The molecular weight excluding hydrogens is 288 g/mol. The molecule has 1 atom stereocenters. The van der Waals surface area contributed by atoms with Crippen molar-refractivity contribution < 1.29 is 18.9 Å². The van der Waals surface area contributed by atoms with Crippen LogP contribution in [-0.4, -0.2) is 41.0 Å². The Morgan fingerprint density at radius 2 is 2.18 bits per heavy atom. The lowest BCUT2D eigenvalue weighted by molar-refractivity contribution is -0.132. The number of carbonyl (C=O) groups excluding carboxylic acids is 3. The molecule has 4 amide bonds. The molecule has 1 saturated heterocycles. The molecule has 2 fully saturated rings. The van der Waals surface area contributed by atoms with E-state index < -0.39 is 12.1 Å². The fourth-order valence-corrected chi connectivity index (χ4v) is 2.47. The molecule has 2 aliphatic rings. The third-order valence-corrected chi connectivity index (χ3v) is 3.85. The first kappa shape index (κ1) is 14.6. The Labute approximate surface area is 127 Å². The van der Waals surface area contributed by atoms with Crippen molar-refractivity contribution in [2.75, 3.05) is 7.05 Å². The van der Waals surface area contributed by atoms with E-state index in [4.69, 9.17) is 4.52 Å². The zero-order valence-electron chi connectivity index (χ0n) is 12.3. The van der Waals surface area contributed by atoms with Crippen molar-refractivity contribution >= 4 is 17.8 Å². The molecule has 1 aliphatic carbocycles. The summed E-state index contributed by atoms with van der Waals surface area (Å²) in [6.45, 7) is 0.308. The number of hydrogen-bond donors (Lipinski definition) is 2. The van der Waals surface area contributed by atoms with Crippen LogP contribution in [0.3, 0.4) is 0 Å². The van der Waals surface area contributed by atoms with Gasteiger partial charge in [0.2, 0.25) is 11.8 Å². The van der Waals surface area contributed by atoms with E-state index in [1.54, 1.807) is 7.05 Å². The summed E-state index contributed by atoms with van der Waals surface area (Å²) in [5.74, 6) is 0.718. The topological polar surface area (TPSA) is 105 Å². The second-order valence-electron chi connectivity index (χ2n) is 5.80. The summed E-state index contributed by atoms with van der Waals surface area (Å²) in [4.78, 5) is 36.6. The zero-order valence-corrected chi connectivity index (χ0v) is 12.3. The van der Waals surface area contributed by atoms with Crippen LogP contribution in [0, 0.1) is 0 Å². The van der Waals surface area contributed by atoms with E-state index in [2.05, 4.69) is 15.8 Å². The maximum absolute atomic E-state index is 12.4. The van der Waals surface area contributed by atoms with Crippen molar-refractivity contribution in [2.45, 2.75) is 44.2 Å². The Morgan fingerprint density at radius 1 is 1.41 bits per heavy atom. The second kappa shape index (κ2) is 5.78. The van der Waals surface area contributed by atoms with E-state index >= 15 is 0 Å². The summed E-state index contributed by atoms with van der Waals surface area (Å²) in [5, 5.41) is 8.62. The number of imide groups is 1. The van der Waals surface area contributed by atoms with E-state index in [1.165, 1.54) is 4.90 Å². The average molecular weight is 306 g/mol. The molecule has 0 radical (unpaired) electrons. The SMILES string of the molecule is CN(Cc1cc(C2CC2)on1)C(=O)[C@H]1CCC(=O)NC(=O)N1. The van der Waals surface area contributed by atoms with Gasteiger partial charge >= 0.3 is 6.03 Å². The largest absolute Gasteiger partial charge is 0.361 e. The Kier molecular flexibility index (Phi) is 3.82. The summed E-state index contributed by atoms with van der Waals surface area (Å²) < 4.78 is 5.25. The molecule has 8 nitrogen and oxygen atoms in total. The van der Waals surface area contributed by atoms with Gasteiger partial charge in [0.25, 0.3) is 0 Å². The van der Waals surface area contributed by atoms with Crippen molar-refractivity contribution in [1.82, 2.24) is 20.7 Å². The third kappa shape index (κ3) is 3.26. The van der Waals surface area contributed by atoms with Crippen molar-refractivity contribution in [3.05, 3.63) is 17.5 Å². The standard InChI is InChI=1S/C14H18N4O4/c1-18(7-9-6-11(22-17-9)8-2-3-8)13(20)10-4-5-12(19)16-14(21)15-10/h6,8,10H,2-5,7H2,1H3,(H2,15,16,19,21)/t10-/m1/s1. The van der Waals surface area contributed by atoms with Crippen LogP contribution in [0.15, 0.2) is 10.6 Å². The number of carbonyl (C=O) groups is 3. The molecule has 8 heteroatoms. The zero-order chi connectivity index (χ0) is 15.7. The van der Waals surface area contributed by atoms with Gasteiger partial charge < -0.3 is 14.7 Å². The Morgan fingerprint density at radius 3 is 2.91 bits per heavy atom. The van der Waals surface area contributed by atoms with Crippen molar-refractivity contribution in [2.24, 2.45) is 0 Å². The van der Waals surface area contributed by atoms with Gasteiger partial charge in [0.1, 0.15) is 17.5 Å². The summed E-state index contributed by atoms with van der Waals surface area (Å²) in [6.07, 6.45) is 2.67. The first-order valence-corrected chi connectivity index (χ1v) is 7.33. The molecule has 3 rings (SSSR count). The fraction of sp³-hybridized carbons (Fsp3) is 0.571. The average Bonchev–Trinajstić information content (AvgIpc) is 3.24. The number of hydrogen-bond acceptors (Lipinski definition) is 5. The Balaban J connectivity index is 1.60. The highest BCUT2D eigenvalue weighted by Crippen LogP contribution is 2.40. The van der Waals surface area contributed by atoms with Gasteiger partial charge in [0.05, 0.1) is 6.54 Å². The van der Waals surface area contributed by atoms with Crippen LogP contribution in [0.4, 0.5) is 4.79 Å². The fourth-order valence-electron chi connectivity index (χ4n) is 2.47. The molecule has 1 saturated carbocycles. The van der Waals surface area contributed by atoms with E-state index in [9.17, 15) is 14.4 Å². The van der Waals surface area contributed by atoms with Crippen LogP contribution in [0.1, 0.15) is 43.1 Å². The van der Waals surface area contributed by atoms with Gasteiger partial charge in [-0.15, -0.1) is 0 Å². The van der Waals surface area contributed by atoms with Crippen LogP contribution < -0.4 is 10.6 Å². The first-order chi connectivity index (χ1) is 10.5.